The number of piperidine rings is 1. The van der Waals surface area contributed by atoms with E-state index in [9.17, 15) is 19.5 Å². The Balaban J connectivity index is 1.73. The van der Waals surface area contributed by atoms with Gasteiger partial charge in [0.2, 0.25) is 11.8 Å². The van der Waals surface area contributed by atoms with Gasteiger partial charge in [0.05, 0.1) is 6.20 Å². The number of carbonyl (C=O) groups excluding carboxylic acids is 2. The lowest BCUT2D eigenvalue weighted by atomic mass is 9.80. The molecule has 178 valence electrons. The average Bonchev–Trinajstić information content (AvgIpc) is 3.45. The topological polar surface area (TPSA) is 109 Å². The number of allylic oxidation sites excluding steroid dienone is 1. The molecule has 3 heterocycles. The van der Waals surface area contributed by atoms with E-state index in [1.54, 1.807) is 17.7 Å². The summed E-state index contributed by atoms with van der Waals surface area (Å²) >= 11 is 0. The molecule has 2 aliphatic rings. The fourth-order valence-electron chi connectivity index (χ4n) is 4.34. The van der Waals surface area contributed by atoms with Crippen molar-refractivity contribution in [3.05, 3.63) is 33.8 Å². The number of nitrogens with one attached hydrogen (secondary N) is 1. The highest BCUT2D eigenvalue weighted by molar-refractivity contribution is 5.96. The first-order chi connectivity index (χ1) is 15.6. The molecule has 2 aromatic heterocycles. The standard InChI is InChI=1S/C24H33N5O4/c1-15(2)14-28-21-17(7-8-24(4)9-11-27(12-10-24)16(3)30)13-25-29(21)23(33)19(22(28)32)20(31)26-18-5-6-18/h7-8,13,15,18,32H,5-6,9-12,14H2,1-4H3,(H,26,31). The van der Waals surface area contributed by atoms with Crippen LogP contribution in [0.3, 0.4) is 0 Å². The number of hydrogen-bond donors (Lipinski definition) is 2. The number of fused-ring (bicyclic) bond motifs is 1. The summed E-state index contributed by atoms with van der Waals surface area (Å²) in [5.41, 5.74) is 0.191. The molecule has 0 spiro atoms. The van der Waals surface area contributed by atoms with Gasteiger partial charge in [-0.1, -0.05) is 32.9 Å². The highest BCUT2D eigenvalue weighted by atomic mass is 16.3. The number of rotatable bonds is 6. The van der Waals surface area contributed by atoms with E-state index >= 15 is 0 Å². The fraction of sp³-hybridized carbons (Fsp3) is 0.583. The summed E-state index contributed by atoms with van der Waals surface area (Å²) < 4.78 is 2.82. The van der Waals surface area contributed by atoms with Crippen LogP contribution >= 0.6 is 0 Å². The second kappa shape index (κ2) is 8.68. The molecule has 9 nitrogen and oxygen atoms in total. The Morgan fingerprint density at radius 1 is 1.30 bits per heavy atom. The van der Waals surface area contributed by atoms with Gasteiger partial charge < -0.3 is 15.3 Å². The van der Waals surface area contributed by atoms with Crippen molar-refractivity contribution >= 4 is 23.5 Å². The fourth-order valence-corrected chi connectivity index (χ4v) is 4.34. The van der Waals surface area contributed by atoms with E-state index in [2.05, 4.69) is 23.4 Å². The Morgan fingerprint density at radius 2 is 1.97 bits per heavy atom. The minimum atomic E-state index is -0.624. The monoisotopic (exact) mass is 455 g/mol. The average molecular weight is 456 g/mol. The lowest BCUT2D eigenvalue weighted by molar-refractivity contribution is -0.130. The molecule has 1 aliphatic heterocycles. The van der Waals surface area contributed by atoms with E-state index in [1.807, 2.05) is 24.8 Å². The van der Waals surface area contributed by atoms with E-state index in [4.69, 9.17) is 0 Å². The van der Waals surface area contributed by atoms with Gasteiger partial charge in [-0.05, 0) is 37.0 Å². The van der Waals surface area contributed by atoms with Gasteiger partial charge in [-0.2, -0.15) is 9.61 Å². The normalized spacial score (nSPS) is 18.4. The molecule has 0 bridgehead atoms. The van der Waals surface area contributed by atoms with Crippen molar-refractivity contribution in [3.8, 4) is 5.88 Å². The van der Waals surface area contributed by atoms with E-state index in [0.717, 1.165) is 25.7 Å². The van der Waals surface area contributed by atoms with Crippen LogP contribution in [0.15, 0.2) is 17.1 Å². The van der Waals surface area contributed by atoms with Gasteiger partial charge in [0, 0.05) is 38.2 Å². The van der Waals surface area contributed by atoms with Gasteiger partial charge >= 0.3 is 0 Å². The van der Waals surface area contributed by atoms with E-state index in [-0.39, 0.29) is 34.7 Å². The van der Waals surface area contributed by atoms with E-state index in [1.165, 1.54) is 4.52 Å². The molecule has 2 fully saturated rings. The van der Waals surface area contributed by atoms with Crippen LogP contribution in [0.1, 0.15) is 69.3 Å². The molecule has 1 aliphatic carbocycles. The van der Waals surface area contributed by atoms with Crippen LogP contribution in [0.2, 0.25) is 0 Å². The lowest BCUT2D eigenvalue weighted by Crippen LogP contribution is -2.40. The highest BCUT2D eigenvalue weighted by Gasteiger charge is 2.31. The van der Waals surface area contributed by atoms with Gasteiger partial charge in [0.1, 0.15) is 5.65 Å². The third kappa shape index (κ3) is 4.67. The van der Waals surface area contributed by atoms with Crippen LogP contribution in [0.4, 0.5) is 0 Å². The summed E-state index contributed by atoms with van der Waals surface area (Å²) in [5, 5.41) is 18.1. The van der Waals surface area contributed by atoms with Crippen molar-refractivity contribution in [2.45, 2.75) is 66.0 Å². The van der Waals surface area contributed by atoms with Crippen LogP contribution in [0, 0.1) is 11.3 Å². The quantitative estimate of drug-likeness (QED) is 0.695. The summed E-state index contributed by atoms with van der Waals surface area (Å²) in [6.07, 6.45) is 9.10. The minimum Gasteiger partial charge on any atom is -0.494 e. The van der Waals surface area contributed by atoms with Crippen LogP contribution in [0.5, 0.6) is 5.88 Å². The summed E-state index contributed by atoms with van der Waals surface area (Å²) in [6.45, 7) is 9.62. The molecule has 4 rings (SSSR count). The Kier molecular flexibility index (Phi) is 6.07. The number of hydrogen-bond acceptors (Lipinski definition) is 5. The minimum absolute atomic E-state index is 0.0665. The molecule has 9 heteroatoms. The van der Waals surface area contributed by atoms with Crippen molar-refractivity contribution in [1.82, 2.24) is 24.4 Å². The van der Waals surface area contributed by atoms with Crippen molar-refractivity contribution in [2.75, 3.05) is 13.1 Å². The molecule has 2 aromatic rings. The number of nitrogens with zero attached hydrogens (tertiary/aromatic N) is 4. The molecule has 2 amide bonds. The van der Waals surface area contributed by atoms with Crippen molar-refractivity contribution < 1.29 is 14.7 Å². The molecule has 0 atom stereocenters. The molecule has 0 radical (unpaired) electrons. The molecule has 2 N–H and O–H groups in total. The first-order valence-corrected chi connectivity index (χ1v) is 11.7. The molecule has 0 unspecified atom stereocenters. The molecule has 0 aromatic carbocycles. The molecule has 1 saturated heterocycles. The Bertz CT molecular complexity index is 1160. The molecular weight excluding hydrogens is 422 g/mol. The third-order valence-electron chi connectivity index (χ3n) is 6.62. The predicted octanol–water partition coefficient (Wildman–Crippen LogP) is 2.41. The Hall–Kier alpha value is -3.10. The summed E-state index contributed by atoms with van der Waals surface area (Å²) in [5.74, 6) is -0.618. The van der Waals surface area contributed by atoms with Crippen LogP contribution < -0.4 is 10.9 Å². The Morgan fingerprint density at radius 3 is 2.55 bits per heavy atom. The molecular formula is C24H33N5O4. The van der Waals surface area contributed by atoms with Crippen molar-refractivity contribution in [1.29, 1.82) is 0 Å². The molecule has 33 heavy (non-hydrogen) atoms. The third-order valence-corrected chi connectivity index (χ3v) is 6.62. The zero-order valence-electron chi connectivity index (χ0n) is 19.8. The van der Waals surface area contributed by atoms with Crippen molar-refractivity contribution in [3.63, 3.8) is 0 Å². The van der Waals surface area contributed by atoms with Gasteiger partial charge in [0.15, 0.2) is 5.56 Å². The first-order valence-electron chi connectivity index (χ1n) is 11.7. The lowest BCUT2D eigenvalue weighted by Gasteiger charge is -2.37. The summed E-state index contributed by atoms with van der Waals surface area (Å²) in [4.78, 5) is 39.3. The SMILES string of the molecule is CC(=O)N1CCC(C)(C=Cc2cnn3c(=O)c(C(=O)NC4CC4)c(O)n(CC(C)C)c23)CC1. The van der Waals surface area contributed by atoms with E-state index in [0.29, 0.717) is 30.8 Å². The van der Waals surface area contributed by atoms with E-state index < -0.39 is 11.5 Å². The maximum absolute atomic E-state index is 13.1. The smallest absolute Gasteiger partial charge is 0.291 e. The second-order valence-electron chi connectivity index (χ2n) is 10.1. The number of carbonyl (C=O) groups is 2. The maximum atomic E-state index is 13.1. The highest BCUT2D eigenvalue weighted by Crippen LogP contribution is 2.34. The summed E-state index contributed by atoms with van der Waals surface area (Å²) in [6, 6.07) is 0.0665. The van der Waals surface area contributed by atoms with Gasteiger partial charge in [0.25, 0.3) is 11.5 Å². The van der Waals surface area contributed by atoms with Gasteiger partial charge in [-0.15, -0.1) is 0 Å². The Labute approximate surface area is 193 Å². The zero-order valence-corrected chi connectivity index (χ0v) is 19.8. The van der Waals surface area contributed by atoms with Crippen LogP contribution in [0.25, 0.3) is 11.7 Å². The summed E-state index contributed by atoms with van der Waals surface area (Å²) in [7, 11) is 0. The first kappa shape index (κ1) is 23.1. The maximum Gasteiger partial charge on any atom is 0.291 e. The zero-order chi connectivity index (χ0) is 23.9. The van der Waals surface area contributed by atoms with Gasteiger partial charge in [-0.3, -0.25) is 19.0 Å². The second-order valence-corrected chi connectivity index (χ2v) is 10.1. The number of aromatic nitrogens is 3. The number of amides is 2. The van der Waals surface area contributed by atoms with Crippen LogP contribution in [-0.2, 0) is 11.3 Å². The van der Waals surface area contributed by atoms with Gasteiger partial charge in [-0.25, -0.2) is 0 Å². The largest absolute Gasteiger partial charge is 0.494 e. The van der Waals surface area contributed by atoms with Crippen molar-refractivity contribution in [2.24, 2.45) is 11.3 Å². The molecule has 1 saturated carbocycles. The number of aromatic hydroxyl groups is 1. The number of likely N-dealkylation sites (tertiary alicyclic amines) is 1. The van der Waals surface area contributed by atoms with Crippen LogP contribution in [-0.4, -0.2) is 55.1 Å². The predicted molar refractivity (Wildman–Crippen MR) is 125 cm³/mol.